The van der Waals surface area contributed by atoms with E-state index in [1.54, 1.807) is 0 Å². The molecule has 6 heteroatoms. The van der Waals surface area contributed by atoms with Crippen molar-refractivity contribution in [3.8, 4) is 0 Å². The number of rotatable bonds is 19. The van der Waals surface area contributed by atoms with Gasteiger partial charge in [-0.25, -0.2) is 9.59 Å². The van der Waals surface area contributed by atoms with Gasteiger partial charge in [0.15, 0.2) is 5.78 Å². The van der Waals surface area contributed by atoms with Crippen LogP contribution in [0.2, 0.25) is 0 Å². The number of carboxylic acid groups (broad SMARTS) is 2. The molecule has 0 heterocycles. The number of carbonyl (C=O) groups is 3. The zero-order valence-corrected chi connectivity index (χ0v) is 16.2. The molecule has 0 aliphatic carbocycles. The SMILES string of the molecule is CCCCCCCCCCCCCCCC(=O)C(OCC(=O)O)C(=O)O. The van der Waals surface area contributed by atoms with Crippen molar-refractivity contribution >= 4 is 17.7 Å². The Morgan fingerprint density at radius 2 is 1.15 bits per heavy atom. The van der Waals surface area contributed by atoms with Gasteiger partial charge in [0.2, 0.25) is 6.10 Å². The van der Waals surface area contributed by atoms with Gasteiger partial charge in [0, 0.05) is 6.42 Å². The Labute approximate surface area is 157 Å². The first-order chi connectivity index (χ1) is 12.5. The topological polar surface area (TPSA) is 101 Å². The van der Waals surface area contributed by atoms with Gasteiger partial charge in [0.25, 0.3) is 0 Å². The predicted octanol–water partition coefficient (Wildman–Crippen LogP) is 4.59. The summed E-state index contributed by atoms with van der Waals surface area (Å²) in [5, 5.41) is 17.4. The van der Waals surface area contributed by atoms with E-state index in [2.05, 4.69) is 11.7 Å². The molecule has 0 rings (SSSR count). The van der Waals surface area contributed by atoms with Gasteiger partial charge in [0.1, 0.15) is 6.61 Å². The van der Waals surface area contributed by atoms with Crippen LogP contribution in [0, 0.1) is 0 Å². The van der Waals surface area contributed by atoms with Crippen LogP contribution in [0.4, 0.5) is 0 Å². The lowest BCUT2D eigenvalue weighted by molar-refractivity contribution is -0.160. The molecule has 0 aromatic carbocycles. The lowest BCUT2D eigenvalue weighted by Gasteiger charge is -2.11. The van der Waals surface area contributed by atoms with Crippen molar-refractivity contribution in [1.82, 2.24) is 0 Å². The fraction of sp³-hybridized carbons (Fsp3) is 0.850. The van der Waals surface area contributed by atoms with Crippen LogP contribution in [0.1, 0.15) is 96.8 Å². The van der Waals surface area contributed by atoms with Gasteiger partial charge in [-0.15, -0.1) is 0 Å². The molecule has 0 fully saturated rings. The summed E-state index contributed by atoms with van der Waals surface area (Å²) in [7, 11) is 0. The van der Waals surface area contributed by atoms with Crippen molar-refractivity contribution in [3.63, 3.8) is 0 Å². The molecule has 0 bridgehead atoms. The van der Waals surface area contributed by atoms with Gasteiger partial charge in [0.05, 0.1) is 0 Å². The third kappa shape index (κ3) is 14.9. The Morgan fingerprint density at radius 1 is 0.731 bits per heavy atom. The van der Waals surface area contributed by atoms with Crippen LogP contribution in [0.3, 0.4) is 0 Å². The summed E-state index contributed by atoms with van der Waals surface area (Å²) in [6.45, 7) is 1.45. The van der Waals surface area contributed by atoms with Crippen LogP contribution < -0.4 is 0 Å². The van der Waals surface area contributed by atoms with Gasteiger partial charge in [-0.1, -0.05) is 84.0 Å². The quantitative estimate of drug-likeness (QED) is 0.254. The summed E-state index contributed by atoms with van der Waals surface area (Å²) >= 11 is 0. The zero-order chi connectivity index (χ0) is 19.6. The molecular formula is C20H36O6. The molecule has 6 nitrogen and oxygen atoms in total. The largest absolute Gasteiger partial charge is 0.480 e. The minimum absolute atomic E-state index is 0.119. The van der Waals surface area contributed by atoms with Crippen molar-refractivity contribution < 1.29 is 29.3 Å². The van der Waals surface area contributed by atoms with Crippen LogP contribution in [-0.4, -0.2) is 40.6 Å². The van der Waals surface area contributed by atoms with Crippen LogP contribution in [0.15, 0.2) is 0 Å². The highest BCUT2D eigenvalue weighted by Gasteiger charge is 2.27. The summed E-state index contributed by atoms with van der Waals surface area (Å²) < 4.78 is 4.64. The van der Waals surface area contributed by atoms with E-state index in [4.69, 9.17) is 10.2 Å². The van der Waals surface area contributed by atoms with E-state index in [9.17, 15) is 14.4 Å². The summed E-state index contributed by atoms with van der Waals surface area (Å²) in [6, 6.07) is 0. The Hall–Kier alpha value is -1.43. The van der Waals surface area contributed by atoms with E-state index in [0.29, 0.717) is 6.42 Å². The maximum atomic E-state index is 11.8. The molecule has 1 unspecified atom stereocenters. The molecule has 0 radical (unpaired) electrons. The van der Waals surface area contributed by atoms with Crippen LogP contribution in [-0.2, 0) is 19.1 Å². The Bertz CT molecular complexity index is 394. The molecule has 0 aromatic heterocycles. The van der Waals surface area contributed by atoms with E-state index < -0.39 is 30.4 Å². The smallest absolute Gasteiger partial charge is 0.340 e. The minimum atomic E-state index is -1.66. The highest BCUT2D eigenvalue weighted by molar-refractivity contribution is 6.01. The molecule has 0 aromatic rings. The minimum Gasteiger partial charge on any atom is -0.480 e. The lowest BCUT2D eigenvalue weighted by Crippen LogP contribution is -2.34. The first-order valence-electron chi connectivity index (χ1n) is 10.1. The van der Waals surface area contributed by atoms with Crippen LogP contribution >= 0.6 is 0 Å². The average molecular weight is 373 g/mol. The maximum absolute atomic E-state index is 11.8. The highest BCUT2D eigenvalue weighted by atomic mass is 16.5. The number of unbranched alkanes of at least 4 members (excludes halogenated alkanes) is 12. The molecule has 0 saturated heterocycles. The number of ketones is 1. The number of Topliss-reactive ketones (excluding diaryl/α,β-unsaturated/α-hetero) is 1. The van der Waals surface area contributed by atoms with E-state index >= 15 is 0 Å². The zero-order valence-electron chi connectivity index (χ0n) is 16.2. The van der Waals surface area contributed by atoms with Crippen molar-refractivity contribution in [2.24, 2.45) is 0 Å². The normalized spacial score (nSPS) is 12.0. The lowest BCUT2D eigenvalue weighted by atomic mass is 10.0. The van der Waals surface area contributed by atoms with E-state index in [1.807, 2.05) is 0 Å². The fourth-order valence-electron chi connectivity index (χ4n) is 2.90. The van der Waals surface area contributed by atoms with Crippen LogP contribution in [0.5, 0.6) is 0 Å². The second kappa shape index (κ2) is 17.0. The molecule has 1 atom stereocenters. The first-order valence-corrected chi connectivity index (χ1v) is 10.1. The molecular weight excluding hydrogens is 336 g/mol. The Morgan fingerprint density at radius 3 is 1.54 bits per heavy atom. The Kier molecular flexibility index (Phi) is 16.1. The number of ether oxygens (including phenoxy) is 1. The summed E-state index contributed by atoms with van der Waals surface area (Å²) in [5.74, 6) is -3.27. The predicted molar refractivity (Wildman–Crippen MR) is 100 cm³/mol. The van der Waals surface area contributed by atoms with Gasteiger partial charge in [-0.3, -0.25) is 4.79 Å². The highest BCUT2D eigenvalue weighted by Crippen LogP contribution is 2.13. The summed E-state index contributed by atoms with van der Waals surface area (Å²) in [5.41, 5.74) is 0. The molecule has 0 spiro atoms. The third-order valence-electron chi connectivity index (χ3n) is 4.42. The monoisotopic (exact) mass is 372 g/mol. The number of carboxylic acids is 2. The van der Waals surface area contributed by atoms with E-state index in [-0.39, 0.29) is 6.42 Å². The Balaban J connectivity index is 3.54. The maximum Gasteiger partial charge on any atom is 0.340 e. The van der Waals surface area contributed by atoms with E-state index in [1.165, 1.54) is 57.8 Å². The second-order valence-corrected chi connectivity index (χ2v) is 6.88. The van der Waals surface area contributed by atoms with Crippen molar-refractivity contribution in [2.45, 2.75) is 103 Å². The number of aliphatic carboxylic acids is 2. The number of hydrogen-bond donors (Lipinski definition) is 2. The van der Waals surface area contributed by atoms with Crippen molar-refractivity contribution in [2.75, 3.05) is 6.61 Å². The molecule has 0 aliphatic heterocycles. The van der Waals surface area contributed by atoms with Gasteiger partial charge < -0.3 is 14.9 Å². The van der Waals surface area contributed by atoms with Crippen LogP contribution in [0.25, 0.3) is 0 Å². The average Bonchev–Trinajstić information content (AvgIpc) is 2.58. The molecule has 152 valence electrons. The molecule has 26 heavy (non-hydrogen) atoms. The first kappa shape index (κ1) is 24.6. The molecule has 0 amide bonds. The third-order valence-corrected chi connectivity index (χ3v) is 4.42. The number of carbonyl (C=O) groups excluding carboxylic acids is 1. The molecule has 0 aliphatic rings. The standard InChI is InChI=1S/C20H36O6/c1-2-3-4-5-6-7-8-9-10-11-12-13-14-15-17(21)19(20(24)25)26-16-18(22)23/h19H,2-16H2,1H3,(H,22,23)(H,24,25). The summed E-state index contributed by atoms with van der Waals surface area (Å²) in [4.78, 5) is 33.2. The van der Waals surface area contributed by atoms with Crippen molar-refractivity contribution in [3.05, 3.63) is 0 Å². The van der Waals surface area contributed by atoms with Gasteiger partial charge in [-0.2, -0.15) is 0 Å². The van der Waals surface area contributed by atoms with E-state index in [0.717, 1.165) is 19.3 Å². The van der Waals surface area contributed by atoms with Gasteiger partial charge >= 0.3 is 11.9 Å². The fourth-order valence-corrected chi connectivity index (χ4v) is 2.90. The molecule has 0 saturated carbocycles. The molecule has 2 N–H and O–H groups in total. The number of hydrogen-bond acceptors (Lipinski definition) is 4. The van der Waals surface area contributed by atoms with Crippen molar-refractivity contribution in [1.29, 1.82) is 0 Å². The summed E-state index contributed by atoms with van der Waals surface area (Å²) in [6.07, 6.45) is 13.9. The van der Waals surface area contributed by atoms with Gasteiger partial charge in [-0.05, 0) is 6.42 Å². The second-order valence-electron chi connectivity index (χ2n) is 6.88.